The lowest BCUT2D eigenvalue weighted by Crippen LogP contribution is -2.44. The number of carbonyl (C=O) groups is 1. The molecule has 0 unspecified atom stereocenters. The molecule has 0 radical (unpaired) electrons. The predicted octanol–water partition coefficient (Wildman–Crippen LogP) is 1.87. The van der Waals surface area contributed by atoms with Gasteiger partial charge in [-0.3, -0.25) is 4.79 Å². The van der Waals surface area contributed by atoms with Crippen molar-refractivity contribution < 1.29 is 4.79 Å². The molecule has 4 nitrogen and oxygen atoms in total. The molecule has 1 amide bonds. The van der Waals surface area contributed by atoms with Gasteiger partial charge in [0.15, 0.2) is 0 Å². The first-order valence-electron chi connectivity index (χ1n) is 7.41. The summed E-state index contributed by atoms with van der Waals surface area (Å²) in [5.74, 6) is 0.119. The van der Waals surface area contributed by atoms with E-state index in [9.17, 15) is 4.79 Å². The topological polar surface area (TPSA) is 72.3 Å². The lowest BCUT2D eigenvalue weighted by atomic mass is 10.1. The molecule has 0 spiro atoms. The van der Waals surface area contributed by atoms with Crippen molar-refractivity contribution in [3.63, 3.8) is 0 Å². The van der Waals surface area contributed by atoms with E-state index in [4.69, 9.17) is 11.5 Å². The van der Waals surface area contributed by atoms with Crippen LogP contribution in [0.15, 0.2) is 0 Å². The van der Waals surface area contributed by atoms with E-state index in [1.165, 1.54) is 0 Å². The highest BCUT2D eigenvalue weighted by Gasteiger charge is 2.19. The van der Waals surface area contributed by atoms with Crippen molar-refractivity contribution >= 4 is 5.91 Å². The Kier molecular flexibility index (Phi) is 11.1. The Balaban J connectivity index is 4.15. The molecule has 0 fully saturated rings. The molecule has 0 bridgehead atoms. The molecule has 0 saturated carbocycles. The van der Waals surface area contributed by atoms with Gasteiger partial charge in [0.2, 0.25) is 5.91 Å². The SMILES string of the molecule is CCCCN(CCCC)C(=O)[C@@H](N)CCCCN. The number of amides is 1. The van der Waals surface area contributed by atoms with Gasteiger partial charge in [-0.25, -0.2) is 0 Å². The zero-order valence-electron chi connectivity index (χ0n) is 12.2. The van der Waals surface area contributed by atoms with Crippen LogP contribution in [-0.4, -0.2) is 36.5 Å². The molecular formula is C14H31N3O. The van der Waals surface area contributed by atoms with E-state index in [0.29, 0.717) is 6.54 Å². The van der Waals surface area contributed by atoms with Crippen molar-refractivity contribution in [2.45, 2.75) is 64.8 Å². The van der Waals surface area contributed by atoms with Crippen LogP contribution in [0.4, 0.5) is 0 Å². The number of hydrogen-bond acceptors (Lipinski definition) is 3. The van der Waals surface area contributed by atoms with Gasteiger partial charge in [-0.1, -0.05) is 33.1 Å². The van der Waals surface area contributed by atoms with Crippen LogP contribution < -0.4 is 11.5 Å². The Morgan fingerprint density at radius 1 is 1.06 bits per heavy atom. The van der Waals surface area contributed by atoms with Gasteiger partial charge in [-0.2, -0.15) is 0 Å². The zero-order valence-corrected chi connectivity index (χ0v) is 12.2. The minimum absolute atomic E-state index is 0.119. The van der Waals surface area contributed by atoms with E-state index in [1.54, 1.807) is 0 Å². The first-order chi connectivity index (χ1) is 8.67. The number of nitrogens with zero attached hydrogens (tertiary/aromatic N) is 1. The van der Waals surface area contributed by atoms with E-state index in [0.717, 1.165) is 58.0 Å². The van der Waals surface area contributed by atoms with Crippen molar-refractivity contribution in [1.29, 1.82) is 0 Å². The molecule has 4 N–H and O–H groups in total. The predicted molar refractivity (Wildman–Crippen MR) is 77.3 cm³/mol. The fraction of sp³-hybridized carbons (Fsp3) is 0.929. The van der Waals surface area contributed by atoms with Crippen LogP contribution in [0.1, 0.15) is 58.8 Å². The highest BCUT2D eigenvalue weighted by atomic mass is 16.2. The van der Waals surface area contributed by atoms with Gasteiger partial charge in [-0.05, 0) is 32.2 Å². The molecule has 0 heterocycles. The standard InChI is InChI=1S/C14H31N3O/c1-3-5-11-17(12-6-4-2)14(18)13(16)9-7-8-10-15/h13H,3-12,15-16H2,1-2H3/t13-/m0/s1. The monoisotopic (exact) mass is 257 g/mol. The maximum absolute atomic E-state index is 12.2. The molecule has 0 aromatic heterocycles. The van der Waals surface area contributed by atoms with E-state index in [2.05, 4.69) is 13.8 Å². The smallest absolute Gasteiger partial charge is 0.239 e. The summed E-state index contributed by atoms with van der Waals surface area (Å²) in [4.78, 5) is 14.2. The molecule has 4 heteroatoms. The van der Waals surface area contributed by atoms with Crippen LogP contribution in [0.25, 0.3) is 0 Å². The molecule has 108 valence electrons. The van der Waals surface area contributed by atoms with Gasteiger partial charge in [0, 0.05) is 13.1 Å². The second-order valence-corrected chi connectivity index (χ2v) is 4.92. The highest BCUT2D eigenvalue weighted by Crippen LogP contribution is 2.06. The van der Waals surface area contributed by atoms with E-state index < -0.39 is 0 Å². The lowest BCUT2D eigenvalue weighted by Gasteiger charge is -2.25. The molecule has 0 aliphatic carbocycles. The lowest BCUT2D eigenvalue weighted by molar-refractivity contribution is -0.133. The third-order valence-electron chi connectivity index (χ3n) is 3.16. The van der Waals surface area contributed by atoms with Crippen LogP contribution in [0.5, 0.6) is 0 Å². The molecule has 0 aliphatic rings. The number of nitrogens with two attached hydrogens (primary N) is 2. The van der Waals surface area contributed by atoms with E-state index in [-0.39, 0.29) is 11.9 Å². The summed E-state index contributed by atoms with van der Waals surface area (Å²) in [6.07, 6.45) is 6.99. The molecule has 0 rings (SSSR count). The summed E-state index contributed by atoms with van der Waals surface area (Å²) in [6.45, 7) is 6.66. The molecule has 18 heavy (non-hydrogen) atoms. The van der Waals surface area contributed by atoms with E-state index in [1.807, 2.05) is 4.90 Å². The maximum atomic E-state index is 12.2. The summed E-state index contributed by atoms with van der Waals surface area (Å²) >= 11 is 0. The van der Waals surface area contributed by atoms with Crippen molar-refractivity contribution in [3.8, 4) is 0 Å². The van der Waals surface area contributed by atoms with E-state index >= 15 is 0 Å². The summed E-state index contributed by atoms with van der Waals surface area (Å²) in [6, 6.07) is -0.342. The van der Waals surface area contributed by atoms with Gasteiger partial charge in [-0.15, -0.1) is 0 Å². The Hall–Kier alpha value is -0.610. The summed E-state index contributed by atoms with van der Waals surface area (Å²) < 4.78 is 0. The Morgan fingerprint density at radius 2 is 1.61 bits per heavy atom. The fourth-order valence-corrected chi connectivity index (χ4v) is 1.90. The maximum Gasteiger partial charge on any atom is 0.239 e. The van der Waals surface area contributed by atoms with Crippen molar-refractivity contribution in [3.05, 3.63) is 0 Å². The average Bonchev–Trinajstić information content (AvgIpc) is 2.38. The first-order valence-corrected chi connectivity index (χ1v) is 7.41. The van der Waals surface area contributed by atoms with Crippen LogP contribution in [0.3, 0.4) is 0 Å². The van der Waals surface area contributed by atoms with Gasteiger partial charge in [0.25, 0.3) is 0 Å². The van der Waals surface area contributed by atoms with Crippen molar-refractivity contribution in [1.82, 2.24) is 4.90 Å². The van der Waals surface area contributed by atoms with Crippen LogP contribution in [-0.2, 0) is 4.79 Å². The molecule has 0 saturated heterocycles. The minimum Gasteiger partial charge on any atom is -0.341 e. The normalized spacial score (nSPS) is 12.4. The zero-order chi connectivity index (χ0) is 13.8. The third kappa shape index (κ3) is 7.67. The second kappa shape index (κ2) is 11.5. The summed E-state index contributed by atoms with van der Waals surface area (Å²) in [5.41, 5.74) is 11.4. The van der Waals surface area contributed by atoms with Gasteiger partial charge < -0.3 is 16.4 Å². The van der Waals surface area contributed by atoms with Crippen molar-refractivity contribution in [2.75, 3.05) is 19.6 Å². The minimum atomic E-state index is -0.342. The Bertz CT molecular complexity index is 201. The number of carbonyl (C=O) groups excluding carboxylic acids is 1. The van der Waals surface area contributed by atoms with Gasteiger partial charge in [0.1, 0.15) is 0 Å². The second-order valence-electron chi connectivity index (χ2n) is 4.92. The Labute approximate surface area is 112 Å². The molecule has 0 aliphatic heterocycles. The Morgan fingerprint density at radius 3 is 2.06 bits per heavy atom. The fourth-order valence-electron chi connectivity index (χ4n) is 1.90. The number of rotatable bonds is 11. The van der Waals surface area contributed by atoms with Gasteiger partial charge >= 0.3 is 0 Å². The average molecular weight is 257 g/mol. The number of hydrogen-bond donors (Lipinski definition) is 2. The molecular weight excluding hydrogens is 226 g/mol. The van der Waals surface area contributed by atoms with Crippen LogP contribution in [0.2, 0.25) is 0 Å². The molecule has 0 aromatic carbocycles. The van der Waals surface area contributed by atoms with Gasteiger partial charge in [0.05, 0.1) is 6.04 Å². The first kappa shape index (κ1) is 17.4. The quantitative estimate of drug-likeness (QED) is 0.555. The van der Waals surface area contributed by atoms with Crippen molar-refractivity contribution in [2.24, 2.45) is 11.5 Å². The summed E-state index contributed by atoms with van der Waals surface area (Å²) in [5, 5.41) is 0. The third-order valence-corrected chi connectivity index (χ3v) is 3.16. The largest absolute Gasteiger partial charge is 0.341 e. The summed E-state index contributed by atoms with van der Waals surface area (Å²) in [7, 11) is 0. The van der Waals surface area contributed by atoms with Crippen LogP contribution in [0, 0.1) is 0 Å². The van der Waals surface area contributed by atoms with Crippen LogP contribution >= 0.6 is 0 Å². The number of unbranched alkanes of at least 4 members (excludes halogenated alkanes) is 3. The molecule has 0 aromatic rings. The highest BCUT2D eigenvalue weighted by molar-refractivity contribution is 5.81. The molecule has 1 atom stereocenters.